The third kappa shape index (κ3) is 4.69. The molecule has 2 aromatic carbocycles. The van der Waals surface area contributed by atoms with Gasteiger partial charge in [-0.25, -0.2) is 0 Å². The fourth-order valence-electron chi connectivity index (χ4n) is 4.12. The summed E-state index contributed by atoms with van der Waals surface area (Å²) in [4.78, 5) is 23.7. The Bertz CT molecular complexity index is 1020. The fourth-order valence-corrected chi connectivity index (χ4v) is 4.12. The van der Waals surface area contributed by atoms with Crippen LogP contribution in [0, 0.1) is 31.1 Å². The van der Waals surface area contributed by atoms with Gasteiger partial charge in [-0.1, -0.05) is 18.2 Å². The summed E-state index contributed by atoms with van der Waals surface area (Å²) in [7, 11) is 0. The van der Waals surface area contributed by atoms with Crippen LogP contribution >= 0.6 is 0 Å². The van der Waals surface area contributed by atoms with Crippen molar-refractivity contribution in [3.05, 3.63) is 63.7 Å². The number of fused-ring (bicyclic) bond motifs is 1. The van der Waals surface area contributed by atoms with Crippen LogP contribution in [0.15, 0.2) is 30.3 Å². The first-order valence-electron chi connectivity index (χ1n) is 10.2. The zero-order valence-electron chi connectivity index (χ0n) is 17.6. The van der Waals surface area contributed by atoms with Gasteiger partial charge in [0.15, 0.2) is 0 Å². The highest BCUT2D eigenvalue weighted by molar-refractivity contribution is 5.96. The molecule has 1 heterocycles. The number of hydrogen-bond donors (Lipinski definition) is 3. The molecule has 0 aromatic heterocycles. The Hall–Kier alpha value is -3.17. The number of carbonyl (C=O) groups excluding carboxylic acids is 1. The summed E-state index contributed by atoms with van der Waals surface area (Å²) in [5.41, 5.74) is 6.30. The third-order valence-electron chi connectivity index (χ3n) is 5.92. The molecule has 3 rings (SSSR count). The lowest BCUT2D eigenvalue weighted by molar-refractivity contribution is -0.136. The number of nitrogens with one attached hydrogen (secondary N) is 2. The van der Waals surface area contributed by atoms with E-state index in [0.29, 0.717) is 18.5 Å². The van der Waals surface area contributed by atoms with Gasteiger partial charge in [0.05, 0.1) is 24.0 Å². The summed E-state index contributed by atoms with van der Waals surface area (Å²) in [6.07, 6.45) is 1.30. The Morgan fingerprint density at radius 2 is 2.03 bits per heavy atom. The zero-order valence-corrected chi connectivity index (χ0v) is 17.6. The fraction of sp³-hybridized carbons (Fsp3) is 0.375. The van der Waals surface area contributed by atoms with Gasteiger partial charge in [0.2, 0.25) is 5.91 Å². The number of benzene rings is 2. The maximum atomic E-state index is 12.6. The molecule has 30 heavy (non-hydrogen) atoms. The number of rotatable bonds is 7. The van der Waals surface area contributed by atoms with Gasteiger partial charge in [-0.3, -0.25) is 9.59 Å². The van der Waals surface area contributed by atoms with E-state index >= 15 is 0 Å². The van der Waals surface area contributed by atoms with Crippen LogP contribution in [0.2, 0.25) is 0 Å². The third-order valence-corrected chi connectivity index (χ3v) is 5.92. The van der Waals surface area contributed by atoms with E-state index in [1.165, 1.54) is 0 Å². The van der Waals surface area contributed by atoms with Crippen LogP contribution in [0.1, 0.15) is 40.3 Å². The molecule has 2 atom stereocenters. The van der Waals surface area contributed by atoms with E-state index in [-0.39, 0.29) is 24.3 Å². The number of aryl methyl sites for hydroxylation is 2. The molecule has 0 fully saturated rings. The van der Waals surface area contributed by atoms with E-state index in [0.717, 1.165) is 39.9 Å². The monoisotopic (exact) mass is 405 g/mol. The topological polar surface area (TPSA) is 102 Å². The molecule has 0 saturated carbocycles. The van der Waals surface area contributed by atoms with Gasteiger partial charge in [-0.05, 0) is 80.1 Å². The summed E-state index contributed by atoms with van der Waals surface area (Å²) in [5, 5.41) is 24.8. The maximum Gasteiger partial charge on any atom is 0.307 e. The van der Waals surface area contributed by atoms with Crippen LogP contribution in [0.25, 0.3) is 0 Å². The second kappa shape index (κ2) is 9.10. The van der Waals surface area contributed by atoms with Crippen molar-refractivity contribution in [3.8, 4) is 6.07 Å². The number of aliphatic carboxylic acids is 1. The predicted octanol–water partition coefficient (Wildman–Crippen LogP) is 3.13. The van der Waals surface area contributed by atoms with Crippen LogP contribution in [0.4, 0.5) is 5.69 Å². The number of carboxylic acid groups (broad SMARTS) is 1. The standard InChI is InChI=1S/C24H27N3O3/c1-14-9-15(2)19(11-23(28)29)10-17(14)7-8-26-16(3)20-12-21-18(13-25)5-4-6-22(21)27-24(20)30/h4-6,9-10,16,20,26H,7-8,11-12H2,1-3H3,(H,27,30)(H,28,29)/t16-,20+/m0/s1. The quantitative estimate of drug-likeness (QED) is 0.657. The highest BCUT2D eigenvalue weighted by Gasteiger charge is 2.31. The van der Waals surface area contributed by atoms with Crippen molar-refractivity contribution < 1.29 is 14.7 Å². The zero-order chi connectivity index (χ0) is 21.8. The van der Waals surface area contributed by atoms with E-state index in [1.54, 1.807) is 12.1 Å². The molecule has 0 bridgehead atoms. The van der Waals surface area contributed by atoms with Gasteiger partial charge in [0, 0.05) is 11.7 Å². The van der Waals surface area contributed by atoms with Crippen LogP contribution in [0.5, 0.6) is 0 Å². The Morgan fingerprint density at radius 3 is 2.73 bits per heavy atom. The second-order valence-corrected chi connectivity index (χ2v) is 8.01. The van der Waals surface area contributed by atoms with Gasteiger partial charge >= 0.3 is 5.97 Å². The van der Waals surface area contributed by atoms with E-state index in [2.05, 4.69) is 16.7 Å². The lowest BCUT2D eigenvalue weighted by Crippen LogP contribution is -2.44. The number of nitrogens with zero attached hydrogens (tertiary/aromatic N) is 1. The molecule has 6 nitrogen and oxygen atoms in total. The first kappa shape index (κ1) is 21.5. The maximum absolute atomic E-state index is 12.6. The molecule has 0 spiro atoms. The number of nitriles is 1. The van der Waals surface area contributed by atoms with Gasteiger partial charge in [-0.15, -0.1) is 0 Å². The largest absolute Gasteiger partial charge is 0.481 e. The number of hydrogen-bond acceptors (Lipinski definition) is 4. The Morgan fingerprint density at radius 1 is 1.30 bits per heavy atom. The van der Waals surface area contributed by atoms with Crippen molar-refractivity contribution in [2.45, 2.75) is 46.1 Å². The van der Waals surface area contributed by atoms with Gasteiger partial charge in [0.1, 0.15) is 0 Å². The highest BCUT2D eigenvalue weighted by Crippen LogP contribution is 2.29. The summed E-state index contributed by atoms with van der Waals surface area (Å²) in [6.45, 7) is 6.63. The smallest absolute Gasteiger partial charge is 0.307 e. The van der Waals surface area contributed by atoms with E-state index in [9.17, 15) is 14.9 Å². The number of anilines is 1. The summed E-state index contributed by atoms with van der Waals surface area (Å²) >= 11 is 0. The molecule has 0 unspecified atom stereocenters. The predicted molar refractivity (Wildman–Crippen MR) is 115 cm³/mol. The molecular weight excluding hydrogens is 378 g/mol. The molecule has 1 amide bonds. The van der Waals surface area contributed by atoms with E-state index in [4.69, 9.17) is 5.11 Å². The van der Waals surface area contributed by atoms with Crippen molar-refractivity contribution in [1.29, 1.82) is 5.26 Å². The SMILES string of the molecule is Cc1cc(C)c(CC(=O)O)cc1CCN[C@@H](C)[C@H]1Cc2c(C#N)cccc2NC1=O. The Kier molecular flexibility index (Phi) is 6.53. The van der Waals surface area contributed by atoms with Crippen LogP contribution in [-0.2, 0) is 28.9 Å². The Balaban J connectivity index is 1.65. The van der Waals surface area contributed by atoms with E-state index < -0.39 is 5.97 Å². The molecule has 2 aromatic rings. The summed E-state index contributed by atoms with van der Waals surface area (Å²) < 4.78 is 0. The lowest BCUT2D eigenvalue weighted by atomic mass is 9.86. The van der Waals surface area contributed by atoms with Gasteiger partial charge < -0.3 is 15.7 Å². The van der Waals surface area contributed by atoms with Crippen molar-refractivity contribution in [2.24, 2.45) is 5.92 Å². The van der Waals surface area contributed by atoms with Crippen molar-refractivity contribution in [1.82, 2.24) is 5.32 Å². The minimum absolute atomic E-state index is 0.0197. The average Bonchev–Trinajstić information content (AvgIpc) is 2.69. The normalized spacial score (nSPS) is 16.3. The molecule has 0 aliphatic carbocycles. The number of amides is 1. The van der Waals surface area contributed by atoms with Crippen LogP contribution in [-0.4, -0.2) is 29.6 Å². The molecule has 6 heteroatoms. The second-order valence-electron chi connectivity index (χ2n) is 8.01. The minimum Gasteiger partial charge on any atom is -0.481 e. The average molecular weight is 405 g/mol. The van der Waals surface area contributed by atoms with Crippen molar-refractivity contribution >= 4 is 17.6 Å². The molecule has 0 saturated heterocycles. The Labute approximate surface area is 176 Å². The minimum atomic E-state index is -0.833. The molecule has 156 valence electrons. The highest BCUT2D eigenvalue weighted by atomic mass is 16.4. The molecule has 1 aliphatic rings. The molecule has 1 aliphatic heterocycles. The summed E-state index contributed by atoms with van der Waals surface area (Å²) in [6, 6.07) is 11.6. The van der Waals surface area contributed by atoms with Crippen molar-refractivity contribution in [3.63, 3.8) is 0 Å². The van der Waals surface area contributed by atoms with Crippen LogP contribution < -0.4 is 10.6 Å². The molecule has 0 radical (unpaired) electrons. The van der Waals surface area contributed by atoms with E-state index in [1.807, 2.05) is 39.0 Å². The summed E-state index contributed by atoms with van der Waals surface area (Å²) in [5.74, 6) is -1.12. The molecular formula is C24H27N3O3. The van der Waals surface area contributed by atoms with Gasteiger partial charge in [0.25, 0.3) is 0 Å². The van der Waals surface area contributed by atoms with Crippen molar-refractivity contribution in [2.75, 3.05) is 11.9 Å². The molecule has 3 N–H and O–H groups in total. The van der Waals surface area contributed by atoms with Gasteiger partial charge in [-0.2, -0.15) is 5.26 Å². The first-order valence-corrected chi connectivity index (χ1v) is 10.2. The number of carboxylic acids is 1. The first-order chi connectivity index (χ1) is 14.3. The number of carbonyl (C=O) groups is 2. The lowest BCUT2D eigenvalue weighted by Gasteiger charge is -2.30. The van der Waals surface area contributed by atoms with Crippen LogP contribution in [0.3, 0.4) is 0 Å².